The highest BCUT2D eigenvalue weighted by Gasteiger charge is 2.12. The van der Waals surface area contributed by atoms with E-state index in [1.165, 1.54) is 0 Å². The summed E-state index contributed by atoms with van der Waals surface area (Å²) in [4.78, 5) is 6.01. The van der Waals surface area contributed by atoms with Crippen LogP contribution in [0, 0.1) is 28.6 Å². The molecule has 16 heavy (non-hydrogen) atoms. The van der Waals surface area contributed by atoms with E-state index in [1.807, 2.05) is 24.8 Å². The fourth-order valence-corrected chi connectivity index (χ4v) is 1.51. The summed E-state index contributed by atoms with van der Waals surface area (Å²) < 4.78 is 0. The van der Waals surface area contributed by atoms with Gasteiger partial charge in [-0.05, 0) is 26.0 Å². The summed E-state index contributed by atoms with van der Waals surface area (Å²) in [7, 11) is 0. The third-order valence-electron chi connectivity index (χ3n) is 2.33. The van der Waals surface area contributed by atoms with Gasteiger partial charge in [0.25, 0.3) is 0 Å². The first kappa shape index (κ1) is 12.0. The molecule has 0 amide bonds. The maximum atomic E-state index is 8.95. The van der Waals surface area contributed by atoms with Gasteiger partial charge in [0.05, 0.1) is 17.7 Å². The van der Waals surface area contributed by atoms with Gasteiger partial charge in [-0.15, -0.1) is 0 Å². The van der Waals surface area contributed by atoms with Crippen LogP contribution in [0.3, 0.4) is 0 Å². The first-order valence-electron chi connectivity index (χ1n) is 5.22. The summed E-state index contributed by atoms with van der Waals surface area (Å²) in [5.41, 5.74) is 1.21. The van der Waals surface area contributed by atoms with Crippen LogP contribution in [-0.4, -0.2) is 18.1 Å². The minimum absolute atomic E-state index is 0.0632. The van der Waals surface area contributed by atoms with Crippen molar-refractivity contribution in [2.75, 3.05) is 18.0 Å². The molecule has 1 unspecified atom stereocenters. The number of anilines is 1. The SMILES string of the molecule is CCN(CC(C)C#N)c1cccnc1C#N. The molecule has 0 radical (unpaired) electrons. The summed E-state index contributed by atoms with van der Waals surface area (Å²) in [5.74, 6) is -0.0632. The summed E-state index contributed by atoms with van der Waals surface area (Å²) in [6, 6.07) is 7.92. The number of pyridine rings is 1. The summed E-state index contributed by atoms with van der Waals surface area (Å²) in [6.07, 6.45) is 1.60. The van der Waals surface area contributed by atoms with E-state index in [-0.39, 0.29) is 5.92 Å². The van der Waals surface area contributed by atoms with Crippen molar-refractivity contribution >= 4 is 5.69 Å². The Labute approximate surface area is 95.8 Å². The second-order valence-electron chi connectivity index (χ2n) is 3.55. The highest BCUT2D eigenvalue weighted by Crippen LogP contribution is 2.18. The van der Waals surface area contributed by atoms with Crippen LogP contribution in [0.1, 0.15) is 19.5 Å². The molecule has 1 atom stereocenters. The monoisotopic (exact) mass is 214 g/mol. The van der Waals surface area contributed by atoms with Crippen LogP contribution < -0.4 is 4.90 Å². The van der Waals surface area contributed by atoms with Crippen LogP contribution in [-0.2, 0) is 0 Å². The molecule has 1 heterocycles. The van der Waals surface area contributed by atoms with Gasteiger partial charge in [-0.2, -0.15) is 10.5 Å². The van der Waals surface area contributed by atoms with Crippen LogP contribution in [0.5, 0.6) is 0 Å². The number of aromatic nitrogens is 1. The standard InChI is InChI=1S/C12H14N4/c1-3-16(9-10(2)7-13)12-5-4-6-15-11(12)8-14/h4-6,10H,3,9H2,1-2H3. The van der Waals surface area contributed by atoms with Crippen molar-refractivity contribution in [3.63, 3.8) is 0 Å². The molecular weight excluding hydrogens is 200 g/mol. The molecule has 0 saturated carbocycles. The molecule has 0 fully saturated rings. The molecule has 0 aliphatic carbocycles. The Hall–Kier alpha value is -2.07. The molecule has 4 heteroatoms. The van der Waals surface area contributed by atoms with E-state index in [0.29, 0.717) is 12.2 Å². The van der Waals surface area contributed by atoms with E-state index in [2.05, 4.69) is 17.1 Å². The molecule has 1 aromatic heterocycles. The third kappa shape index (κ3) is 2.71. The normalized spacial score (nSPS) is 11.2. The highest BCUT2D eigenvalue weighted by molar-refractivity contribution is 5.55. The highest BCUT2D eigenvalue weighted by atomic mass is 15.1. The molecule has 82 valence electrons. The number of rotatable bonds is 4. The minimum atomic E-state index is -0.0632. The van der Waals surface area contributed by atoms with Crippen LogP contribution in [0.25, 0.3) is 0 Å². The molecule has 0 bridgehead atoms. The second kappa shape index (κ2) is 5.72. The second-order valence-corrected chi connectivity index (χ2v) is 3.55. The molecular formula is C12H14N4. The smallest absolute Gasteiger partial charge is 0.163 e. The van der Waals surface area contributed by atoms with Gasteiger partial charge < -0.3 is 4.90 Å². The van der Waals surface area contributed by atoms with Crippen molar-refractivity contribution in [2.45, 2.75) is 13.8 Å². The Morgan fingerprint density at radius 3 is 2.81 bits per heavy atom. The first-order valence-corrected chi connectivity index (χ1v) is 5.22. The van der Waals surface area contributed by atoms with Crippen molar-refractivity contribution < 1.29 is 0 Å². The molecule has 0 spiro atoms. The van der Waals surface area contributed by atoms with Crippen molar-refractivity contribution in [3.05, 3.63) is 24.0 Å². The van der Waals surface area contributed by atoms with Gasteiger partial charge in [0.2, 0.25) is 0 Å². The van der Waals surface area contributed by atoms with E-state index < -0.39 is 0 Å². The van der Waals surface area contributed by atoms with Crippen molar-refractivity contribution in [3.8, 4) is 12.1 Å². The topological polar surface area (TPSA) is 63.7 Å². The lowest BCUT2D eigenvalue weighted by atomic mass is 10.1. The van der Waals surface area contributed by atoms with Crippen molar-refractivity contribution in [1.82, 2.24) is 4.98 Å². The Bertz CT molecular complexity index is 427. The Kier molecular flexibility index (Phi) is 4.29. The first-order chi connectivity index (χ1) is 7.72. The number of nitrogens with zero attached hydrogens (tertiary/aromatic N) is 4. The molecule has 0 aliphatic rings. The van der Waals surface area contributed by atoms with E-state index in [9.17, 15) is 0 Å². The van der Waals surface area contributed by atoms with Crippen LogP contribution in [0.2, 0.25) is 0 Å². The molecule has 0 N–H and O–H groups in total. The minimum Gasteiger partial charge on any atom is -0.368 e. The Morgan fingerprint density at radius 1 is 1.50 bits per heavy atom. The lowest BCUT2D eigenvalue weighted by Gasteiger charge is -2.24. The maximum absolute atomic E-state index is 8.95. The van der Waals surface area contributed by atoms with Gasteiger partial charge in [-0.1, -0.05) is 0 Å². The number of hydrogen-bond acceptors (Lipinski definition) is 4. The molecule has 1 aromatic rings. The van der Waals surface area contributed by atoms with Gasteiger partial charge in [0.15, 0.2) is 5.69 Å². The van der Waals surface area contributed by atoms with E-state index in [0.717, 1.165) is 12.2 Å². The molecule has 4 nitrogen and oxygen atoms in total. The fourth-order valence-electron chi connectivity index (χ4n) is 1.51. The van der Waals surface area contributed by atoms with Gasteiger partial charge in [-0.25, -0.2) is 4.98 Å². The number of nitriles is 2. The van der Waals surface area contributed by atoms with Crippen LogP contribution in [0.4, 0.5) is 5.69 Å². The Balaban J connectivity index is 2.96. The predicted octanol–water partition coefficient (Wildman–Crippen LogP) is 1.94. The van der Waals surface area contributed by atoms with Crippen molar-refractivity contribution in [1.29, 1.82) is 10.5 Å². The lowest BCUT2D eigenvalue weighted by Crippen LogP contribution is -2.28. The molecule has 1 rings (SSSR count). The van der Waals surface area contributed by atoms with Crippen LogP contribution >= 0.6 is 0 Å². The summed E-state index contributed by atoms with van der Waals surface area (Å²) in [5, 5.41) is 17.7. The average Bonchev–Trinajstić information content (AvgIpc) is 2.35. The molecule has 0 saturated heterocycles. The maximum Gasteiger partial charge on any atom is 0.163 e. The van der Waals surface area contributed by atoms with Gasteiger partial charge in [0.1, 0.15) is 6.07 Å². The zero-order chi connectivity index (χ0) is 12.0. The molecule has 0 aromatic carbocycles. The third-order valence-corrected chi connectivity index (χ3v) is 2.33. The van der Waals surface area contributed by atoms with Gasteiger partial charge in [-0.3, -0.25) is 0 Å². The zero-order valence-electron chi connectivity index (χ0n) is 9.51. The van der Waals surface area contributed by atoms with E-state index in [4.69, 9.17) is 10.5 Å². The largest absolute Gasteiger partial charge is 0.368 e. The van der Waals surface area contributed by atoms with Crippen LogP contribution in [0.15, 0.2) is 18.3 Å². The Morgan fingerprint density at radius 2 is 2.25 bits per heavy atom. The van der Waals surface area contributed by atoms with E-state index >= 15 is 0 Å². The molecule has 0 aliphatic heterocycles. The lowest BCUT2D eigenvalue weighted by molar-refractivity contribution is 0.684. The summed E-state index contributed by atoms with van der Waals surface area (Å²) >= 11 is 0. The quantitative estimate of drug-likeness (QED) is 0.768. The fraction of sp³-hybridized carbons (Fsp3) is 0.417. The summed E-state index contributed by atoms with van der Waals surface area (Å²) in [6.45, 7) is 5.24. The van der Waals surface area contributed by atoms with Gasteiger partial charge in [0, 0.05) is 19.3 Å². The zero-order valence-corrected chi connectivity index (χ0v) is 9.51. The average molecular weight is 214 g/mol. The predicted molar refractivity (Wildman–Crippen MR) is 61.6 cm³/mol. The van der Waals surface area contributed by atoms with E-state index in [1.54, 1.807) is 12.3 Å². The van der Waals surface area contributed by atoms with Crippen molar-refractivity contribution in [2.24, 2.45) is 5.92 Å². The number of hydrogen-bond donors (Lipinski definition) is 0. The van der Waals surface area contributed by atoms with Gasteiger partial charge >= 0.3 is 0 Å².